The van der Waals surface area contributed by atoms with Crippen LogP contribution in [0.4, 0.5) is 5.69 Å². The number of phenols is 1. The summed E-state index contributed by atoms with van der Waals surface area (Å²) < 4.78 is 0. The lowest BCUT2D eigenvalue weighted by Crippen LogP contribution is -2.45. The number of hydrogen-bond acceptors (Lipinski definition) is 4. The van der Waals surface area contributed by atoms with Gasteiger partial charge in [0.05, 0.1) is 11.3 Å². The number of benzene rings is 1. The van der Waals surface area contributed by atoms with Crippen molar-refractivity contribution in [3.05, 3.63) is 23.8 Å². The Morgan fingerprint density at radius 3 is 2.70 bits per heavy atom. The van der Waals surface area contributed by atoms with Crippen LogP contribution in [0.1, 0.15) is 30.1 Å². The maximum atomic E-state index is 12.5. The van der Waals surface area contributed by atoms with Crippen LogP contribution in [0, 0.1) is 0 Å². The minimum absolute atomic E-state index is 0.115. The monoisotopic (exact) mass is 277 g/mol. The van der Waals surface area contributed by atoms with E-state index in [1.165, 1.54) is 0 Å². The molecule has 0 radical (unpaired) electrons. The molecule has 5 nitrogen and oxygen atoms in total. The van der Waals surface area contributed by atoms with Gasteiger partial charge in [0.15, 0.2) is 5.75 Å². The van der Waals surface area contributed by atoms with Gasteiger partial charge in [-0.15, -0.1) is 0 Å². The van der Waals surface area contributed by atoms with E-state index in [0.29, 0.717) is 0 Å². The van der Waals surface area contributed by atoms with Crippen molar-refractivity contribution in [3.63, 3.8) is 0 Å². The van der Waals surface area contributed by atoms with E-state index in [-0.39, 0.29) is 28.9 Å². The van der Waals surface area contributed by atoms with Crippen LogP contribution in [0.15, 0.2) is 18.2 Å². The number of amides is 1. The van der Waals surface area contributed by atoms with Gasteiger partial charge in [-0.25, -0.2) is 0 Å². The molecule has 0 atom stereocenters. The maximum absolute atomic E-state index is 12.5. The third kappa shape index (κ3) is 2.88. The number of anilines is 1. The number of para-hydroxylation sites is 1. The Hall–Kier alpha value is -1.75. The lowest BCUT2D eigenvalue weighted by Gasteiger charge is -2.36. The van der Waals surface area contributed by atoms with E-state index >= 15 is 0 Å². The quantitative estimate of drug-likeness (QED) is 0.649. The van der Waals surface area contributed by atoms with Crippen LogP contribution in [0.2, 0.25) is 0 Å². The van der Waals surface area contributed by atoms with E-state index in [0.717, 1.165) is 32.5 Å². The molecule has 110 valence electrons. The standard InChI is InChI=1S/C15H23N3O2/c1-3-18-9-7-11(8-10-18)17(2)15(20)12-5-4-6-13(16)14(12)19/h4-6,11,19H,3,7-10,16H2,1-2H3. The number of likely N-dealkylation sites (tertiary alicyclic amines) is 1. The summed E-state index contributed by atoms with van der Waals surface area (Å²) >= 11 is 0. The number of nitrogen functional groups attached to an aromatic ring is 1. The third-order valence-corrected chi connectivity index (χ3v) is 4.17. The zero-order valence-corrected chi connectivity index (χ0v) is 12.2. The fourth-order valence-corrected chi connectivity index (χ4v) is 2.71. The fraction of sp³-hybridized carbons (Fsp3) is 0.533. The molecular weight excluding hydrogens is 254 g/mol. The number of carbonyl (C=O) groups excluding carboxylic acids is 1. The van der Waals surface area contributed by atoms with Gasteiger partial charge in [-0.05, 0) is 31.5 Å². The average molecular weight is 277 g/mol. The molecule has 2 rings (SSSR count). The summed E-state index contributed by atoms with van der Waals surface area (Å²) in [6, 6.07) is 5.12. The second-order valence-corrected chi connectivity index (χ2v) is 5.32. The highest BCUT2D eigenvalue weighted by Gasteiger charge is 2.26. The first-order valence-corrected chi connectivity index (χ1v) is 7.11. The van der Waals surface area contributed by atoms with Crippen LogP contribution in [0.3, 0.4) is 0 Å². The second kappa shape index (κ2) is 6.13. The molecule has 5 heteroatoms. The van der Waals surface area contributed by atoms with Crippen molar-refractivity contribution in [2.45, 2.75) is 25.8 Å². The van der Waals surface area contributed by atoms with Gasteiger partial charge in [0, 0.05) is 26.2 Å². The zero-order chi connectivity index (χ0) is 14.7. The zero-order valence-electron chi connectivity index (χ0n) is 12.2. The number of nitrogens with zero attached hydrogens (tertiary/aromatic N) is 2. The van der Waals surface area contributed by atoms with Gasteiger partial charge in [0.2, 0.25) is 0 Å². The largest absolute Gasteiger partial charge is 0.505 e. The molecule has 0 saturated carbocycles. The van der Waals surface area contributed by atoms with E-state index in [4.69, 9.17) is 5.73 Å². The van der Waals surface area contributed by atoms with Crippen LogP contribution in [0.25, 0.3) is 0 Å². The van der Waals surface area contributed by atoms with Gasteiger partial charge in [0.1, 0.15) is 0 Å². The summed E-state index contributed by atoms with van der Waals surface area (Å²) in [6.45, 7) is 5.24. The maximum Gasteiger partial charge on any atom is 0.257 e. The Morgan fingerprint density at radius 2 is 2.10 bits per heavy atom. The normalized spacial score (nSPS) is 17.1. The number of hydrogen-bond donors (Lipinski definition) is 2. The number of nitrogens with two attached hydrogens (primary N) is 1. The van der Waals surface area contributed by atoms with E-state index < -0.39 is 0 Å². The fourth-order valence-electron chi connectivity index (χ4n) is 2.71. The molecule has 1 aromatic carbocycles. The molecule has 0 aliphatic carbocycles. The lowest BCUT2D eigenvalue weighted by atomic mass is 10.0. The Balaban J connectivity index is 2.07. The highest BCUT2D eigenvalue weighted by atomic mass is 16.3. The predicted octanol–water partition coefficient (Wildman–Crippen LogP) is 1.53. The number of rotatable bonds is 3. The van der Waals surface area contributed by atoms with Crippen LogP contribution in [-0.4, -0.2) is 53.5 Å². The smallest absolute Gasteiger partial charge is 0.257 e. The molecule has 0 spiro atoms. The van der Waals surface area contributed by atoms with E-state index in [1.54, 1.807) is 30.1 Å². The lowest BCUT2D eigenvalue weighted by molar-refractivity contribution is 0.0644. The topological polar surface area (TPSA) is 69.8 Å². The van der Waals surface area contributed by atoms with Crippen molar-refractivity contribution in [2.24, 2.45) is 0 Å². The Bertz CT molecular complexity index is 482. The highest BCUT2D eigenvalue weighted by molar-refractivity contribution is 5.98. The summed E-state index contributed by atoms with van der Waals surface area (Å²) in [7, 11) is 1.80. The Labute approximate surface area is 120 Å². The summed E-state index contributed by atoms with van der Waals surface area (Å²) in [5, 5.41) is 9.91. The molecular formula is C15H23N3O2. The first-order valence-electron chi connectivity index (χ1n) is 7.11. The van der Waals surface area contributed by atoms with E-state index in [2.05, 4.69) is 11.8 Å². The molecule has 1 heterocycles. The minimum atomic E-state index is -0.162. The summed E-state index contributed by atoms with van der Waals surface area (Å²) in [5.74, 6) is -0.278. The van der Waals surface area contributed by atoms with Crippen LogP contribution < -0.4 is 5.73 Å². The molecule has 20 heavy (non-hydrogen) atoms. The molecule has 1 aliphatic heterocycles. The molecule has 1 saturated heterocycles. The van der Waals surface area contributed by atoms with Crippen molar-refractivity contribution in [3.8, 4) is 5.75 Å². The molecule has 1 amide bonds. The molecule has 1 aliphatic rings. The Kier molecular flexibility index (Phi) is 4.49. The van der Waals surface area contributed by atoms with E-state index in [9.17, 15) is 9.90 Å². The van der Waals surface area contributed by atoms with Crippen molar-refractivity contribution in [2.75, 3.05) is 32.4 Å². The Morgan fingerprint density at radius 1 is 1.45 bits per heavy atom. The van der Waals surface area contributed by atoms with Crippen molar-refractivity contribution < 1.29 is 9.90 Å². The summed E-state index contributed by atoms with van der Waals surface area (Å²) in [4.78, 5) is 16.6. The summed E-state index contributed by atoms with van der Waals surface area (Å²) in [5.41, 5.74) is 6.17. The summed E-state index contributed by atoms with van der Waals surface area (Å²) in [6.07, 6.45) is 1.94. The van der Waals surface area contributed by atoms with Crippen molar-refractivity contribution in [1.82, 2.24) is 9.80 Å². The van der Waals surface area contributed by atoms with Crippen LogP contribution >= 0.6 is 0 Å². The SMILES string of the molecule is CCN1CCC(N(C)C(=O)c2cccc(N)c2O)CC1. The van der Waals surface area contributed by atoms with Gasteiger partial charge < -0.3 is 20.6 Å². The number of carbonyl (C=O) groups is 1. The molecule has 1 fully saturated rings. The number of phenolic OH excluding ortho intramolecular Hbond substituents is 1. The van der Waals surface area contributed by atoms with Crippen LogP contribution in [-0.2, 0) is 0 Å². The first-order chi connectivity index (χ1) is 9.54. The predicted molar refractivity (Wildman–Crippen MR) is 79.7 cm³/mol. The van der Waals surface area contributed by atoms with Gasteiger partial charge in [0.25, 0.3) is 5.91 Å². The molecule has 0 unspecified atom stereocenters. The van der Waals surface area contributed by atoms with Crippen LogP contribution in [0.5, 0.6) is 5.75 Å². The van der Waals surface area contributed by atoms with E-state index in [1.807, 2.05) is 0 Å². The van der Waals surface area contributed by atoms with Gasteiger partial charge >= 0.3 is 0 Å². The third-order valence-electron chi connectivity index (χ3n) is 4.17. The molecule has 0 bridgehead atoms. The molecule has 1 aromatic rings. The number of aromatic hydroxyl groups is 1. The minimum Gasteiger partial charge on any atom is -0.505 e. The highest BCUT2D eigenvalue weighted by Crippen LogP contribution is 2.27. The molecule has 0 aromatic heterocycles. The van der Waals surface area contributed by atoms with Gasteiger partial charge in [-0.1, -0.05) is 13.0 Å². The van der Waals surface area contributed by atoms with Gasteiger partial charge in [-0.2, -0.15) is 0 Å². The van der Waals surface area contributed by atoms with Gasteiger partial charge in [-0.3, -0.25) is 4.79 Å². The van der Waals surface area contributed by atoms with Crippen molar-refractivity contribution in [1.29, 1.82) is 0 Å². The van der Waals surface area contributed by atoms with Crippen molar-refractivity contribution >= 4 is 11.6 Å². The first kappa shape index (κ1) is 14.7. The number of piperidine rings is 1. The second-order valence-electron chi connectivity index (χ2n) is 5.32. The molecule has 3 N–H and O–H groups in total. The average Bonchev–Trinajstić information content (AvgIpc) is 2.48.